The first-order chi connectivity index (χ1) is 28.5. The molecule has 4 bridgehead atoms. The zero-order chi connectivity index (χ0) is 39.1. The van der Waals surface area contributed by atoms with Gasteiger partial charge < -0.3 is 10.6 Å². The molecule has 2 N–H and O–H groups in total. The van der Waals surface area contributed by atoms with Crippen molar-refractivity contribution >= 4 is 23.2 Å². The van der Waals surface area contributed by atoms with E-state index in [4.69, 9.17) is 0 Å². The van der Waals surface area contributed by atoms with Gasteiger partial charge in [-0.2, -0.15) is 0 Å². The van der Waals surface area contributed by atoms with E-state index in [1.807, 2.05) is 0 Å². The van der Waals surface area contributed by atoms with E-state index in [-0.39, 0.29) is 11.8 Å². The number of anilines is 2. The number of nitrogens with zero attached hydrogens (tertiary/aromatic N) is 2. The molecular weight excluding hydrogens is 713 g/mol. The van der Waals surface area contributed by atoms with Crippen LogP contribution in [0.25, 0.3) is 0 Å². The summed E-state index contributed by atoms with van der Waals surface area (Å²) in [6.07, 6.45) is 32.0. The summed E-state index contributed by atoms with van der Waals surface area (Å²) in [4.78, 5) is 32.0. The fourth-order valence-electron chi connectivity index (χ4n) is 14.5. The molecular formula is C52H74N4O2. The predicted molar refractivity (Wildman–Crippen MR) is 236 cm³/mol. The summed E-state index contributed by atoms with van der Waals surface area (Å²) < 4.78 is 0. The lowest BCUT2D eigenvalue weighted by atomic mass is 9.52. The van der Waals surface area contributed by atoms with E-state index in [0.29, 0.717) is 23.7 Å². The highest BCUT2D eigenvalue weighted by atomic mass is 16.2. The third-order valence-electron chi connectivity index (χ3n) is 18.0. The number of hydrogen-bond acceptors (Lipinski definition) is 4. The van der Waals surface area contributed by atoms with Crippen LogP contribution in [0.4, 0.5) is 11.4 Å². The van der Waals surface area contributed by atoms with Crippen LogP contribution < -0.4 is 10.6 Å². The molecule has 58 heavy (non-hydrogen) atoms. The normalized spacial score (nSPS) is 31.8. The monoisotopic (exact) mass is 787 g/mol. The topological polar surface area (TPSA) is 64.7 Å². The largest absolute Gasteiger partial charge is 0.326 e. The van der Waals surface area contributed by atoms with Crippen molar-refractivity contribution in [2.24, 2.45) is 23.7 Å². The van der Waals surface area contributed by atoms with E-state index in [2.05, 4.69) is 56.8 Å². The van der Waals surface area contributed by atoms with Gasteiger partial charge in [-0.25, -0.2) is 0 Å². The van der Waals surface area contributed by atoms with E-state index in [0.717, 1.165) is 85.7 Å². The number of rotatable bonds is 15. The lowest BCUT2D eigenvalue weighted by Crippen LogP contribution is -2.61. The Balaban J connectivity index is 0.649. The molecule has 0 radical (unpaired) electrons. The molecule has 0 unspecified atom stereocenters. The van der Waals surface area contributed by atoms with Gasteiger partial charge in [0, 0.05) is 60.2 Å². The van der Waals surface area contributed by atoms with Crippen LogP contribution in [0.5, 0.6) is 0 Å². The van der Waals surface area contributed by atoms with Gasteiger partial charge in [-0.1, -0.05) is 76.3 Å². The van der Waals surface area contributed by atoms with Crippen LogP contribution in [0, 0.1) is 23.7 Å². The zero-order valence-corrected chi connectivity index (χ0v) is 35.9. The van der Waals surface area contributed by atoms with Crippen molar-refractivity contribution in [2.45, 2.75) is 190 Å². The molecule has 6 heteroatoms. The number of amides is 2. The van der Waals surface area contributed by atoms with Gasteiger partial charge in [0.15, 0.2) is 0 Å². The summed E-state index contributed by atoms with van der Waals surface area (Å²) in [6.45, 7) is 5.18. The molecule has 2 aliphatic heterocycles. The summed E-state index contributed by atoms with van der Waals surface area (Å²) in [5.74, 6) is 3.78. The van der Waals surface area contributed by atoms with Crippen molar-refractivity contribution in [2.75, 3.05) is 36.8 Å². The Kier molecular flexibility index (Phi) is 11.5. The number of piperidine rings is 2. The van der Waals surface area contributed by atoms with Gasteiger partial charge in [0.2, 0.25) is 11.8 Å². The number of likely N-dealkylation sites (tertiary alicyclic amines) is 2. The maximum atomic E-state index is 13.1. The third kappa shape index (κ3) is 7.62. The second kappa shape index (κ2) is 17.0. The average molecular weight is 787 g/mol. The summed E-state index contributed by atoms with van der Waals surface area (Å²) >= 11 is 0. The van der Waals surface area contributed by atoms with Crippen molar-refractivity contribution in [3.05, 3.63) is 58.7 Å². The number of carbonyl (C=O) groups is 2. The van der Waals surface area contributed by atoms with Crippen LogP contribution in [0.15, 0.2) is 36.4 Å². The van der Waals surface area contributed by atoms with E-state index >= 15 is 0 Å². The number of nitrogens with one attached hydrogen (secondary N) is 2. The molecule has 2 amide bonds. The van der Waals surface area contributed by atoms with Gasteiger partial charge in [0.25, 0.3) is 0 Å². The Bertz CT molecular complexity index is 1670. The number of fused-ring (bicyclic) bond motifs is 2. The Labute approximate surface area is 350 Å². The van der Waals surface area contributed by atoms with Gasteiger partial charge in [-0.3, -0.25) is 19.4 Å². The second-order valence-corrected chi connectivity index (χ2v) is 21.1. The van der Waals surface area contributed by atoms with Crippen LogP contribution in [0.1, 0.15) is 176 Å². The van der Waals surface area contributed by atoms with Gasteiger partial charge in [-0.05, 0) is 173 Å². The van der Waals surface area contributed by atoms with Crippen molar-refractivity contribution < 1.29 is 9.59 Å². The quantitative estimate of drug-likeness (QED) is 0.177. The second-order valence-electron chi connectivity index (χ2n) is 21.1. The van der Waals surface area contributed by atoms with E-state index in [1.54, 1.807) is 22.3 Å². The summed E-state index contributed by atoms with van der Waals surface area (Å²) in [7, 11) is 0. The van der Waals surface area contributed by atoms with Gasteiger partial charge in [0.05, 0.1) is 0 Å². The number of unbranched alkanes of at least 4 members (excludes halogenated alkanes) is 5. The molecule has 10 rings (SSSR count). The maximum absolute atomic E-state index is 13.1. The summed E-state index contributed by atoms with van der Waals surface area (Å²) in [5, 5.41) is 6.62. The zero-order valence-electron chi connectivity index (χ0n) is 35.9. The average Bonchev–Trinajstić information content (AvgIpc) is 3.20. The number of benzene rings is 2. The first kappa shape index (κ1) is 39.4. The Morgan fingerprint density at radius 2 is 0.983 bits per heavy atom. The van der Waals surface area contributed by atoms with Crippen molar-refractivity contribution in [1.29, 1.82) is 0 Å². The highest BCUT2D eigenvalue weighted by Crippen LogP contribution is 2.58. The summed E-state index contributed by atoms with van der Waals surface area (Å²) in [5.41, 5.74) is 8.94. The molecule has 6 aliphatic carbocycles. The maximum Gasteiger partial charge on any atom is 0.224 e. The number of hydrogen-bond donors (Lipinski definition) is 2. The van der Waals surface area contributed by atoms with E-state index in [9.17, 15) is 9.59 Å². The molecule has 0 aromatic heterocycles. The van der Waals surface area contributed by atoms with Gasteiger partial charge >= 0.3 is 0 Å². The molecule has 2 saturated heterocycles. The van der Waals surface area contributed by atoms with Crippen molar-refractivity contribution in [3.8, 4) is 0 Å². The minimum atomic E-state index is 0.160. The SMILES string of the molecule is O=C(CCCCCCCCC(=O)Nc1ccc2c(c1)[C@@]13CCCC[C@H]1[C@H](C2)N(CC1CCC1)CC3)Nc1ccc2c(c1)[C@@]13CCCC[C@H]1[C@H](C2)N(CC1CCC1)CC3. The molecule has 6 atom stereocenters. The third-order valence-corrected chi connectivity index (χ3v) is 18.0. The van der Waals surface area contributed by atoms with E-state index < -0.39 is 0 Å². The minimum Gasteiger partial charge on any atom is -0.326 e. The first-order valence-electron chi connectivity index (χ1n) is 24.8. The molecule has 0 spiro atoms. The molecule has 8 aliphatic rings. The highest BCUT2D eigenvalue weighted by Gasteiger charge is 2.55. The smallest absolute Gasteiger partial charge is 0.224 e. The summed E-state index contributed by atoms with van der Waals surface area (Å²) in [6, 6.07) is 15.3. The molecule has 2 aromatic carbocycles. The highest BCUT2D eigenvalue weighted by molar-refractivity contribution is 5.91. The molecule has 2 heterocycles. The fraction of sp³-hybridized carbons (Fsp3) is 0.731. The molecule has 6 nitrogen and oxygen atoms in total. The fourth-order valence-corrected chi connectivity index (χ4v) is 14.5. The molecule has 2 aromatic rings. The molecule has 4 saturated carbocycles. The number of carbonyl (C=O) groups excluding carboxylic acids is 2. The predicted octanol–water partition coefficient (Wildman–Crippen LogP) is 11.1. The Morgan fingerprint density at radius 3 is 1.41 bits per heavy atom. The van der Waals surface area contributed by atoms with Crippen LogP contribution >= 0.6 is 0 Å². The lowest BCUT2D eigenvalue weighted by molar-refractivity contribution is -0.117. The lowest BCUT2D eigenvalue weighted by Gasteiger charge is -2.59. The van der Waals surface area contributed by atoms with Gasteiger partial charge in [-0.15, -0.1) is 0 Å². The molecule has 314 valence electrons. The van der Waals surface area contributed by atoms with Crippen LogP contribution in [0.3, 0.4) is 0 Å². The van der Waals surface area contributed by atoms with Crippen LogP contribution in [0.2, 0.25) is 0 Å². The van der Waals surface area contributed by atoms with Crippen LogP contribution in [-0.4, -0.2) is 59.9 Å². The Morgan fingerprint density at radius 1 is 0.534 bits per heavy atom. The van der Waals surface area contributed by atoms with Crippen molar-refractivity contribution in [3.63, 3.8) is 0 Å². The Hall–Kier alpha value is -2.70. The van der Waals surface area contributed by atoms with Gasteiger partial charge in [0.1, 0.15) is 0 Å². The molecule has 6 fully saturated rings. The van der Waals surface area contributed by atoms with E-state index in [1.165, 1.54) is 142 Å². The minimum absolute atomic E-state index is 0.160. The van der Waals surface area contributed by atoms with Crippen LogP contribution in [-0.2, 0) is 33.3 Å². The standard InChI is InChI=1S/C52H74N4O2/c57-49(53-41-23-21-39-31-47-43-17-7-9-25-51(43,45(39)33-41)27-29-55(47)35-37-13-11-14-37)19-5-3-1-2-4-6-20-50(58)54-42-24-22-40-32-48-44-18-8-10-26-52(44,46(40)34-42)28-30-56(48)36-38-15-12-16-38/h21-24,33-34,37-38,43-44,47-48H,1-20,25-32,35-36H2,(H,53,57)(H,54,58)/t43-,44-,47-,48-,51+,52+/m0/s1. The van der Waals surface area contributed by atoms with Crippen molar-refractivity contribution in [1.82, 2.24) is 9.80 Å². The first-order valence-corrected chi connectivity index (χ1v) is 24.8.